The molecule has 5 heteroatoms. The Morgan fingerprint density at radius 1 is 1.15 bits per heavy atom. The van der Waals surface area contributed by atoms with Crippen LogP contribution in [0.3, 0.4) is 0 Å². The molecular weight excluding hydrogens is 250 g/mol. The van der Waals surface area contributed by atoms with Crippen molar-refractivity contribution in [3.8, 4) is 0 Å². The first kappa shape index (κ1) is 13.1. The normalized spacial score (nSPS) is 18.2. The molecule has 2 aromatic rings. The third-order valence-corrected chi connectivity index (χ3v) is 4.03. The number of anilines is 1. The second-order valence-corrected chi connectivity index (χ2v) is 5.33. The minimum atomic E-state index is 0.382. The Morgan fingerprint density at radius 2 is 1.95 bits per heavy atom. The molecule has 3 heterocycles. The van der Waals surface area contributed by atoms with E-state index in [1.54, 1.807) is 0 Å². The van der Waals surface area contributed by atoms with Crippen molar-refractivity contribution in [1.29, 1.82) is 0 Å². The van der Waals surface area contributed by atoms with Crippen molar-refractivity contribution < 1.29 is 0 Å². The van der Waals surface area contributed by atoms with Gasteiger partial charge >= 0.3 is 0 Å². The van der Waals surface area contributed by atoms with Crippen LogP contribution in [0, 0.1) is 0 Å². The average Bonchev–Trinajstić information content (AvgIpc) is 2.94. The van der Waals surface area contributed by atoms with E-state index in [-0.39, 0.29) is 0 Å². The highest BCUT2D eigenvalue weighted by Crippen LogP contribution is 2.22. The zero-order valence-electron chi connectivity index (χ0n) is 12.1. The first-order valence-corrected chi connectivity index (χ1v) is 7.12. The summed E-state index contributed by atoms with van der Waals surface area (Å²) in [5.41, 5.74) is 2.37. The van der Waals surface area contributed by atoms with Crippen LogP contribution in [-0.2, 0) is 7.05 Å². The van der Waals surface area contributed by atoms with Crippen LogP contribution in [0.15, 0.2) is 36.8 Å². The number of piperazine rings is 1. The van der Waals surface area contributed by atoms with Gasteiger partial charge in [-0.25, -0.2) is 0 Å². The van der Waals surface area contributed by atoms with Crippen molar-refractivity contribution in [3.05, 3.63) is 42.5 Å². The summed E-state index contributed by atoms with van der Waals surface area (Å²) in [4.78, 5) is 9.36. The highest BCUT2D eigenvalue weighted by Gasteiger charge is 2.23. The molecule has 1 saturated heterocycles. The highest BCUT2D eigenvalue weighted by molar-refractivity contribution is 5.42. The number of aromatic nitrogens is 3. The van der Waals surface area contributed by atoms with Gasteiger partial charge in [-0.1, -0.05) is 6.07 Å². The molecule has 0 spiro atoms. The Kier molecular flexibility index (Phi) is 3.69. The van der Waals surface area contributed by atoms with Crippen LogP contribution in [0.2, 0.25) is 0 Å². The van der Waals surface area contributed by atoms with Crippen molar-refractivity contribution in [3.63, 3.8) is 0 Å². The third-order valence-electron chi connectivity index (χ3n) is 4.03. The van der Waals surface area contributed by atoms with Gasteiger partial charge in [0.2, 0.25) is 0 Å². The van der Waals surface area contributed by atoms with Crippen LogP contribution in [0.4, 0.5) is 5.69 Å². The summed E-state index contributed by atoms with van der Waals surface area (Å²) < 4.78 is 1.86. The van der Waals surface area contributed by atoms with Gasteiger partial charge < -0.3 is 4.90 Å². The van der Waals surface area contributed by atoms with E-state index < -0.39 is 0 Å². The fourth-order valence-electron chi connectivity index (χ4n) is 2.75. The zero-order valence-corrected chi connectivity index (χ0v) is 12.1. The molecule has 1 aliphatic rings. The molecule has 1 atom stereocenters. The predicted molar refractivity (Wildman–Crippen MR) is 79.6 cm³/mol. The van der Waals surface area contributed by atoms with Crippen LogP contribution < -0.4 is 4.90 Å². The molecule has 3 rings (SSSR count). The summed E-state index contributed by atoms with van der Waals surface area (Å²) in [5, 5.41) is 4.24. The largest absolute Gasteiger partial charge is 0.366 e. The summed E-state index contributed by atoms with van der Waals surface area (Å²) in [6, 6.07) is 6.52. The lowest BCUT2D eigenvalue weighted by molar-refractivity contribution is 0.195. The predicted octanol–water partition coefficient (Wildman–Crippen LogP) is 1.70. The number of hydrogen-bond donors (Lipinski definition) is 0. The molecule has 2 aromatic heterocycles. The van der Waals surface area contributed by atoms with E-state index in [0.29, 0.717) is 6.04 Å². The lowest BCUT2D eigenvalue weighted by atomic mass is 10.1. The molecule has 0 radical (unpaired) electrons. The smallest absolute Gasteiger partial charge is 0.0753 e. The van der Waals surface area contributed by atoms with Crippen LogP contribution in [0.25, 0.3) is 0 Å². The second kappa shape index (κ2) is 5.63. The van der Waals surface area contributed by atoms with Gasteiger partial charge in [-0.05, 0) is 19.1 Å². The van der Waals surface area contributed by atoms with Crippen LogP contribution in [0.5, 0.6) is 0 Å². The van der Waals surface area contributed by atoms with Gasteiger partial charge in [-0.2, -0.15) is 5.10 Å². The summed E-state index contributed by atoms with van der Waals surface area (Å²) >= 11 is 0. The van der Waals surface area contributed by atoms with Crippen molar-refractivity contribution in [1.82, 2.24) is 19.7 Å². The van der Waals surface area contributed by atoms with E-state index in [1.807, 2.05) is 30.2 Å². The lowest BCUT2D eigenvalue weighted by Crippen LogP contribution is -2.47. The molecule has 5 nitrogen and oxygen atoms in total. The van der Waals surface area contributed by atoms with E-state index in [0.717, 1.165) is 31.9 Å². The summed E-state index contributed by atoms with van der Waals surface area (Å²) in [7, 11) is 1.96. The molecule has 106 valence electrons. The van der Waals surface area contributed by atoms with Gasteiger partial charge in [0.25, 0.3) is 0 Å². The van der Waals surface area contributed by atoms with E-state index >= 15 is 0 Å². The fourth-order valence-corrected chi connectivity index (χ4v) is 2.75. The van der Waals surface area contributed by atoms with Gasteiger partial charge in [-0.3, -0.25) is 14.6 Å². The molecule has 0 aliphatic carbocycles. The van der Waals surface area contributed by atoms with Gasteiger partial charge in [0.05, 0.1) is 17.6 Å². The Hall–Kier alpha value is -1.88. The van der Waals surface area contributed by atoms with E-state index in [2.05, 4.69) is 45.1 Å². The molecule has 0 aromatic carbocycles. The molecule has 20 heavy (non-hydrogen) atoms. The zero-order chi connectivity index (χ0) is 13.9. The van der Waals surface area contributed by atoms with Gasteiger partial charge in [0.15, 0.2) is 0 Å². The van der Waals surface area contributed by atoms with Gasteiger partial charge in [-0.15, -0.1) is 0 Å². The maximum Gasteiger partial charge on any atom is 0.0753 e. The third kappa shape index (κ3) is 2.67. The fraction of sp³-hybridized carbons (Fsp3) is 0.467. The van der Waals surface area contributed by atoms with Crippen molar-refractivity contribution in [2.75, 3.05) is 31.1 Å². The van der Waals surface area contributed by atoms with Gasteiger partial charge in [0.1, 0.15) is 0 Å². The molecular formula is C15H21N5. The Balaban J connectivity index is 1.61. The topological polar surface area (TPSA) is 37.2 Å². The Labute approximate surface area is 119 Å². The Bertz CT molecular complexity index is 542. The molecule has 0 saturated carbocycles. The molecule has 1 fully saturated rings. The minimum absolute atomic E-state index is 0.382. The average molecular weight is 271 g/mol. The number of nitrogens with zero attached hydrogens (tertiary/aromatic N) is 5. The Morgan fingerprint density at radius 3 is 2.55 bits per heavy atom. The number of pyridine rings is 1. The van der Waals surface area contributed by atoms with Gasteiger partial charge in [0, 0.05) is 51.7 Å². The minimum Gasteiger partial charge on any atom is -0.366 e. The van der Waals surface area contributed by atoms with Crippen molar-refractivity contribution >= 4 is 5.69 Å². The lowest BCUT2D eigenvalue weighted by Gasteiger charge is -2.38. The van der Waals surface area contributed by atoms with E-state index in [9.17, 15) is 0 Å². The maximum atomic E-state index is 4.47. The number of rotatable bonds is 3. The van der Waals surface area contributed by atoms with Crippen molar-refractivity contribution in [2.45, 2.75) is 13.0 Å². The number of hydrogen-bond acceptors (Lipinski definition) is 4. The second-order valence-electron chi connectivity index (χ2n) is 5.33. The van der Waals surface area contributed by atoms with E-state index in [4.69, 9.17) is 0 Å². The standard InChI is InChI=1S/C15H21N5/c1-13(15-5-3-4-6-16-15)19-7-9-20(10-8-19)14-11-17-18(2)12-14/h3-6,11-13H,7-10H2,1-2H3. The monoisotopic (exact) mass is 271 g/mol. The molecule has 1 unspecified atom stereocenters. The first-order chi connectivity index (χ1) is 9.74. The summed E-state index contributed by atoms with van der Waals surface area (Å²) in [6.07, 6.45) is 5.90. The number of aryl methyl sites for hydroxylation is 1. The van der Waals surface area contributed by atoms with Crippen LogP contribution >= 0.6 is 0 Å². The quantitative estimate of drug-likeness (QED) is 0.851. The highest BCUT2D eigenvalue weighted by atomic mass is 15.3. The summed E-state index contributed by atoms with van der Waals surface area (Å²) in [6.45, 7) is 6.45. The van der Waals surface area contributed by atoms with Crippen LogP contribution in [0.1, 0.15) is 18.7 Å². The molecule has 1 aliphatic heterocycles. The summed E-state index contributed by atoms with van der Waals surface area (Å²) in [5.74, 6) is 0. The SMILES string of the molecule is CC(c1ccccn1)N1CCN(c2cnn(C)c2)CC1. The first-order valence-electron chi connectivity index (χ1n) is 7.12. The van der Waals surface area contributed by atoms with E-state index in [1.165, 1.54) is 5.69 Å². The molecule has 0 N–H and O–H groups in total. The van der Waals surface area contributed by atoms with Crippen molar-refractivity contribution in [2.24, 2.45) is 7.05 Å². The maximum absolute atomic E-state index is 4.47. The molecule has 0 amide bonds. The molecule has 0 bridgehead atoms. The van der Waals surface area contributed by atoms with Crippen LogP contribution in [-0.4, -0.2) is 45.8 Å².